The summed E-state index contributed by atoms with van der Waals surface area (Å²) in [5, 5.41) is 25.7. The highest BCUT2D eigenvalue weighted by molar-refractivity contribution is 9.25. The van der Waals surface area contributed by atoms with Gasteiger partial charge in [0.25, 0.3) is 0 Å². The van der Waals surface area contributed by atoms with Crippen LogP contribution >= 0.6 is 63.7 Å². The summed E-state index contributed by atoms with van der Waals surface area (Å²) in [6, 6.07) is 6.15. The fraction of sp³-hybridized carbons (Fsp3) is 0.727. The van der Waals surface area contributed by atoms with E-state index in [1.807, 2.05) is 13.0 Å². The molecule has 0 bridgehead atoms. The lowest BCUT2D eigenvalue weighted by Gasteiger charge is -2.12. The van der Waals surface area contributed by atoms with E-state index in [1.165, 1.54) is 0 Å². The maximum atomic E-state index is 8.58. The number of alkyl halides is 4. The van der Waals surface area contributed by atoms with Crippen LogP contribution in [0.2, 0.25) is 0 Å². The Morgan fingerprint density at radius 1 is 1.00 bits per heavy atom. The molecule has 18 heavy (non-hydrogen) atoms. The van der Waals surface area contributed by atoms with Crippen LogP contribution in [0, 0.1) is 34.0 Å². The standard InChI is InChI=1S/C6H6Br2N2.C5H7Br2N/c7-4-6(8,5-10)2-1-3-9;1-2-3-5(6,7)4-8/h1-2,4H2;2-3H2,1H3. The van der Waals surface area contributed by atoms with E-state index in [4.69, 9.17) is 15.8 Å². The average Bonchev–Trinajstić information content (AvgIpc) is 2.37. The summed E-state index contributed by atoms with van der Waals surface area (Å²) < 4.78 is -1.03. The predicted molar refractivity (Wildman–Crippen MR) is 87.0 cm³/mol. The smallest absolute Gasteiger partial charge is 0.166 e. The molecule has 0 aromatic rings. The van der Waals surface area contributed by atoms with Crippen molar-refractivity contribution in [3.05, 3.63) is 0 Å². The minimum absolute atomic E-state index is 0.407. The Morgan fingerprint density at radius 2 is 1.56 bits per heavy atom. The van der Waals surface area contributed by atoms with E-state index in [1.54, 1.807) is 0 Å². The Morgan fingerprint density at radius 3 is 1.78 bits per heavy atom. The zero-order chi connectivity index (χ0) is 14.7. The lowest BCUT2D eigenvalue weighted by atomic mass is 10.1. The zero-order valence-corrected chi connectivity index (χ0v) is 16.2. The van der Waals surface area contributed by atoms with Crippen molar-refractivity contribution in [2.75, 3.05) is 5.33 Å². The molecule has 3 nitrogen and oxygen atoms in total. The van der Waals surface area contributed by atoms with Gasteiger partial charge in [0, 0.05) is 11.8 Å². The van der Waals surface area contributed by atoms with Crippen molar-refractivity contribution in [1.82, 2.24) is 0 Å². The number of rotatable bonds is 5. The highest BCUT2D eigenvalue weighted by atomic mass is 79.9. The van der Waals surface area contributed by atoms with Gasteiger partial charge in [0.05, 0.1) is 18.2 Å². The van der Waals surface area contributed by atoms with Crippen molar-refractivity contribution in [3.8, 4) is 18.2 Å². The van der Waals surface area contributed by atoms with E-state index in [9.17, 15) is 0 Å². The summed E-state index contributed by atoms with van der Waals surface area (Å²) in [6.45, 7) is 2.04. The summed E-state index contributed by atoms with van der Waals surface area (Å²) >= 11 is 12.8. The monoisotopic (exact) mass is 503 g/mol. The Hall–Kier alpha value is 0.390. The first kappa shape index (κ1) is 20.7. The van der Waals surface area contributed by atoms with Gasteiger partial charge in [0.15, 0.2) is 3.23 Å². The maximum absolute atomic E-state index is 8.58. The molecule has 0 fully saturated rings. The number of nitrogens with zero attached hydrogens (tertiary/aromatic N) is 3. The first-order valence-corrected chi connectivity index (χ1v) is 8.63. The van der Waals surface area contributed by atoms with E-state index in [0.29, 0.717) is 18.2 Å². The van der Waals surface area contributed by atoms with Crippen LogP contribution in [0.25, 0.3) is 0 Å². The Balaban J connectivity index is 0. The quantitative estimate of drug-likeness (QED) is 0.485. The molecule has 0 radical (unpaired) electrons. The number of halogens is 4. The molecule has 0 saturated heterocycles. The molecular formula is C11H13Br4N3. The molecular weight excluding hydrogens is 494 g/mol. The van der Waals surface area contributed by atoms with Crippen molar-refractivity contribution in [2.45, 2.75) is 40.2 Å². The first-order valence-electron chi connectivity index (χ1n) is 5.13. The van der Waals surface area contributed by atoms with Gasteiger partial charge in [-0.2, -0.15) is 15.8 Å². The van der Waals surface area contributed by atoms with Gasteiger partial charge in [-0.25, -0.2) is 0 Å². The third kappa shape index (κ3) is 11.5. The van der Waals surface area contributed by atoms with Gasteiger partial charge in [0.2, 0.25) is 0 Å². The first-order chi connectivity index (χ1) is 8.30. The summed E-state index contributed by atoms with van der Waals surface area (Å²) in [5.74, 6) is 0. The highest BCUT2D eigenvalue weighted by Crippen LogP contribution is 2.29. The number of hydrogen-bond donors (Lipinski definition) is 0. The topological polar surface area (TPSA) is 71.4 Å². The van der Waals surface area contributed by atoms with E-state index < -0.39 is 7.56 Å². The second-order valence-corrected chi connectivity index (χ2v) is 9.29. The molecule has 0 heterocycles. The molecule has 0 N–H and O–H groups in total. The van der Waals surface area contributed by atoms with Crippen molar-refractivity contribution in [3.63, 3.8) is 0 Å². The van der Waals surface area contributed by atoms with E-state index in [0.717, 1.165) is 12.8 Å². The molecule has 0 aromatic carbocycles. The molecule has 0 amide bonds. The molecule has 100 valence electrons. The summed E-state index contributed by atoms with van der Waals surface area (Å²) in [7, 11) is 0. The number of hydrogen-bond acceptors (Lipinski definition) is 3. The van der Waals surface area contributed by atoms with Crippen LogP contribution in [0.3, 0.4) is 0 Å². The lowest BCUT2D eigenvalue weighted by molar-refractivity contribution is 0.752. The van der Waals surface area contributed by atoms with Crippen molar-refractivity contribution in [2.24, 2.45) is 0 Å². The number of nitriles is 3. The van der Waals surface area contributed by atoms with Crippen LogP contribution in [0.5, 0.6) is 0 Å². The van der Waals surface area contributed by atoms with Gasteiger partial charge < -0.3 is 0 Å². The SMILES string of the molecule is CCCC(Br)(Br)C#N.N#CCCC(Br)(C#N)CBr. The van der Waals surface area contributed by atoms with Crippen LogP contribution in [0.4, 0.5) is 0 Å². The second-order valence-electron chi connectivity index (χ2n) is 3.44. The molecule has 0 aliphatic heterocycles. The molecule has 1 atom stereocenters. The van der Waals surface area contributed by atoms with Crippen molar-refractivity contribution >= 4 is 63.7 Å². The molecule has 0 saturated carbocycles. The van der Waals surface area contributed by atoms with Gasteiger partial charge in [-0.05, 0) is 12.8 Å². The summed E-state index contributed by atoms with van der Waals surface area (Å²) in [4.78, 5) is 0. The van der Waals surface area contributed by atoms with Crippen molar-refractivity contribution < 1.29 is 0 Å². The molecule has 1 unspecified atom stereocenters. The minimum atomic E-state index is -0.553. The normalized spacial score (nSPS) is 13.0. The molecule has 0 aliphatic rings. The Labute approximate surface area is 142 Å². The van der Waals surface area contributed by atoms with Gasteiger partial charge in [0.1, 0.15) is 4.32 Å². The van der Waals surface area contributed by atoms with Gasteiger partial charge in [-0.15, -0.1) is 0 Å². The van der Waals surface area contributed by atoms with E-state index in [-0.39, 0.29) is 0 Å². The third-order valence-corrected chi connectivity index (χ3v) is 5.48. The van der Waals surface area contributed by atoms with Gasteiger partial charge >= 0.3 is 0 Å². The fourth-order valence-electron chi connectivity index (χ4n) is 0.777. The van der Waals surface area contributed by atoms with Gasteiger partial charge in [-0.3, -0.25) is 0 Å². The van der Waals surface area contributed by atoms with Crippen LogP contribution in [0.15, 0.2) is 0 Å². The molecule has 7 heteroatoms. The van der Waals surface area contributed by atoms with Crippen LogP contribution in [-0.4, -0.2) is 12.9 Å². The molecule has 0 spiro atoms. The minimum Gasteiger partial charge on any atom is -0.198 e. The predicted octanol–water partition coefficient (Wildman–Crippen LogP) is 5.14. The fourth-order valence-corrected chi connectivity index (χ4v) is 2.17. The molecule has 0 aliphatic carbocycles. The Kier molecular flexibility index (Phi) is 12.9. The van der Waals surface area contributed by atoms with Crippen LogP contribution in [-0.2, 0) is 0 Å². The van der Waals surface area contributed by atoms with Gasteiger partial charge in [-0.1, -0.05) is 77.1 Å². The lowest BCUT2D eigenvalue weighted by Crippen LogP contribution is -2.19. The van der Waals surface area contributed by atoms with Crippen LogP contribution < -0.4 is 0 Å². The average molecular weight is 507 g/mol. The molecule has 0 aromatic heterocycles. The zero-order valence-electron chi connectivity index (χ0n) is 9.89. The van der Waals surface area contributed by atoms with E-state index >= 15 is 0 Å². The summed E-state index contributed by atoms with van der Waals surface area (Å²) in [5.41, 5.74) is 0. The second kappa shape index (κ2) is 11.2. The van der Waals surface area contributed by atoms with E-state index in [2.05, 4.69) is 75.9 Å². The third-order valence-electron chi connectivity index (χ3n) is 1.77. The Bertz CT molecular complexity index is 351. The van der Waals surface area contributed by atoms with Crippen molar-refractivity contribution in [1.29, 1.82) is 15.8 Å². The highest BCUT2D eigenvalue weighted by Gasteiger charge is 2.23. The largest absolute Gasteiger partial charge is 0.198 e. The maximum Gasteiger partial charge on any atom is 0.166 e. The summed E-state index contributed by atoms with van der Waals surface area (Å²) in [6.07, 6.45) is 2.81. The molecule has 0 rings (SSSR count). The van der Waals surface area contributed by atoms with Crippen LogP contribution in [0.1, 0.15) is 32.6 Å².